The van der Waals surface area contributed by atoms with Gasteiger partial charge >= 0.3 is 0 Å². The second kappa shape index (κ2) is 8.31. The Morgan fingerprint density at radius 3 is 2.48 bits per heavy atom. The molecule has 31 heavy (non-hydrogen) atoms. The molecule has 7 nitrogen and oxygen atoms in total. The van der Waals surface area contributed by atoms with Gasteiger partial charge < -0.3 is 10.1 Å². The zero-order valence-corrected chi connectivity index (χ0v) is 18.2. The number of ether oxygens (including phenoxy) is 1. The molecule has 0 aliphatic carbocycles. The van der Waals surface area contributed by atoms with E-state index in [1.807, 2.05) is 38.1 Å². The van der Waals surface area contributed by atoms with Crippen LogP contribution in [-0.2, 0) is 4.79 Å². The molecule has 0 saturated heterocycles. The number of fused-ring (bicyclic) bond motifs is 1. The van der Waals surface area contributed by atoms with Gasteiger partial charge in [-0.3, -0.25) is 19.3 Å². The van der Waals surface area contributed by atoms with Crippen LogP contribution in [0.5, 0.6) is 5.75 Å². The number of amides is 3. The Bertz CT molecular complexity index is 1180. The highest BCUT2D eigenvalue weighted by Gasteiger charge is 2.35. The molecule has 3 amide bonds. The molecular formula is C23H21N3O4S. The SMILES string of the molecule is COc1ccc(-c2nc(NC(=O)CCN3C(=O)c4ccc(C)cc4C3=O)sc2C)cc1. The van der Waals surface area contributed by atoms with Gasteiger partial charge in [0.15, 0.2) is 5.13 Å². The number of imide groups is 1. The summed E-state index contributed by atoms with van der Waals surface area (Å²) in [5.41, 5.74) is 3.40. The molecule has 1 N–H and O–H groups in total. The Morgan fingerprint density at radius 1 is 1.06 bits per heavy atom. The van der Waals surface area contributed by atoms with Gasteiger partial charge in [0.25, 0.3) is 11.8 Å². The van der Waals surface area contributed by atoms with Gasteiger partial charge in [0.05, 0.1) is 23.9 Å². The molecule has 0 saturated carbocycles. The van der Waals surface area contributed by atoms with Crippen LogP contribution >= 0.6 is 11.3 Å². The lowest BCUT2D eigenvalue weighted by Gasteiger charge is -2.12. The van der Waals surface area contributed by atoms with Crippen molar-refractivity contribution in [3.05, 3.63) is 64.0 Å². The van der Waals surface area contributed by atoms with Crippen LogP contribution < -0.4 is 10.1 Å². The van der Waals surface area contributed by atoms with Gasteiger partial charge in [-0.15, -0.1) is 11.3 Å². The minimum atomic E-state index is -0.361. The summed E-state index contributed by atoms with van der Waals surface area (Å²) in [6.45, 7) is 3.82. The zero-order chi connectivity index (χ0) is 22.1. The number of hydrogen-bond donors (Lipinski definition) is 1. The number of methoxy groups -OCH3 is 1. The summed E-state index contributed by atoms with van der Waals surface area (Å²) >= 11 is 1.38. The van der Waals surface area contributed by atoms with E-state index in [0.29, 0.717) is 16.3 Å². The standard InChI is InChI=1S/C23H21N3O4S/c1-13-4-9-17-18(12-13)22(29)26(21(17)28)11-10-19(27)24-23-25-20(14(2)31-23)15-5-7-16(30-3)8-6-15/h4-9,12H,10-11H2,1-3H3,(H,24,25,27). The van der Waals surface area contributed by atoms with Crippen molar-refractivity contribution in [3.63, 3.8) is 0 Å². The molecule has 158 valence electrons. The summed E-state index contributed by atoms with van der Waals surface area (Å²) in [5.74, 6) is -0.265. The lowest BCUT2D eigenvalue weighted by Crippen LogP contribution is -2.32. The van der Waals surface area contributed by atoms with E-state index < -0.39 is 0 Å². The molecule has 0 bridgehead atoms. The Balaban J connectivity index is 1.40. The van der Waals surface area contributed by atoms with Crippen molar-refractivity contribution < 1.29 is 19.1 Å². The fourth-order valence-corrected chi connectivity index (χ4v) is 4.32. The predicted molar refractivity (Wildman–Crippen MR) is 119 cm³/mol. The van der Waals surface area contributed by atoms with Gasteiger partial charge in [0, 0.05) is 23.4 Å². The highest BCUT2D eigenvalue weighted by Crippen LogP contribution is 2.31. The quantitative estimate of drug-likeness (QED) is 0.590. The Labute approximate surface area is 183 Å². The molecule has 0 radical (unpaired) electrons. The van der Waals surface area contributed by atoms with Crippen molar-refractivity contribution in [3.8, 4) is 17.0 Å². The van der Waals surface area contributed by atoms with Crippen molar-refractivity contribution in [2.75, 3.05) is 19.0 Å². The van der Waals surface area contributed by atoms with Gasteiger partial charge in [0.1, 0.15) is 5.75 Å². The average molecular weight is 436 g/mol. The van der Waals surface area contributed by atoms with E-state index in [-0.39, 0.29) is 30.7 Å². The maximum absolute atomic E-state index is 12.5. The molecule has 0 spiro atoms. The van der Waals surface area contributed by atoms with Crippen LogP contribution in [0.4, 0.5) is 5.13 Å². The molecule has 0 fully saturated rings. The molecule has 1 aliphatic rings. The lowest BCUT2D eigenvalue weighted by atomic mass is 10.1. The third-order valence-corrected chi connectivity index (χ3v) is 5.98. The number of benzene rings is 2. The molecule has 2 aromatic carbocycles. The maximum Gasteiger partial charge on any atom is 0.261 e. The van der Waals surface area contributed by atoms with Gasteiger partial charge in [-0.05, 0) is 50.2 Å². The maximum atomic E-state index is 12.5. The van der Waals surface area contributed by atoms with Crippen LogP contribution in [0.3, 0.4) is 0 Å². The summed E-state index contributed by atoms with van der Waals surface area (Å²) in [4.78, 5) is 44.1. The van der Waals surface area contributed by atoms with Gasteiger partial charge in [-0.25, -0.2) is 4.98 Å². The van der Waals surface area contributed by atoms with E-state index in [1.165, 1.54) is 11.3 Å². The summed E-state index contributed by atoms with van der Waals surface area (Å²) < 4.78 is 5.18. The molecule has 3 aromatic rings. The first-order valence-corrected chi connectivity index (χ1v) is 10.6. The minimum absolute atomic E-state index is 0.000940. The summed E-state index contributed by atoms with van der Waals surface area (Å²) in [7, 11) is 1.61. The van der Waals surface area contributed by atoms with E-state index >= 15 is 0 Å². The van der Waals surface area contributed by atoms with Crippen molar-refractivity contribution in [2.24, 2.45) is 0 Å². The smallest absolute Gasteiger partial charge is 0.261 e. The van der Waals surface area contributed by atoms with Crippen molar-refractivity contribution >= 4 is 34.2 Å². The van der Waals surface area contributed by atoms with Crippen molar-refractivity contribution in [1.82, 2.24) is 9.88 Å². The fraction of sp³-hybridized carbons (Fsp3) is 0.217. The molecule has 8 heteroatoms. The lowest BCUT2D eigenvalue weighted by molar-refractivity contribution is -0.116. The van der Waals surface area contributed by atoms with E-state index in [4.69, 9.17) is 4.74 Å². The highest BCUT2D eigenvalue weighted by atomic mass is 32.1. The number of aromatic nitrogens is 1. The van der Waals surface area contributed by atoms with E-state index in [9.17, 15) is 14.4 Å². The molecule has 0 unspecified atom stereocenters. The van der Waals surface area contributed by atoms with Crippen LogP contribution in [0.15, 0.2) is 42.5 Å². The molecule has 1 aliphatic heterocycles. The van der Waals surface area contributed by atoms with Crippen LogP contribution in [0.1, 0.15) is 37.6 Å². The monoisotopic (exact) mass is 435 g/mol. The van der Waals surface area contributed by atoms with Crippen LogP contribution in [0.2, 0.25) is 0 Å². The first-order valence-electron chi connectivity index (χ1n) is 9.76. The molecule has 2 heterocycles. The number of thiazole rings is 1. The third kappa shape index (κ3) is 4.06. The zero-order valence-electron chi connectivity index (χ0n) is 17.4. The average Bonchev–Trinajstić information content (AvgIpc) is 3.23. The van der Waals surface area contributed by atoms with Crippen molar-refractivity contribution in [1.29, 1.82) is 0 Å². The number of nitrogens with one attached hydrogen (secondary N) is 1. The summed E-state index contributed by atoms with van der Waals surface area (Å²) in [6.07, 6.45) is 0.000940. The summed E-state index contributed by atoms with van der Waals surface area (Å²) in [6, 6.07) is 12.7. The molecule has 0 atom stereocenters. The number of carbonyl (C=O) groups excluding carboxylic acids is 3. The number of anilines is 1. The number of rotatable bonds is 6. The van der Waals surface area contributed by atoms with E-state index in [1.54, 1.807) is 25.3 Å². The topological polar surface area (TPSA) is 88.6 Å². The van der Waals surface area contributed by atoms with E-state index in [0.717, 1.165) is 32.3 Å². The molecular weight excluding hydrogens is 414 g/mol. The Morgan fingerprint density at radius 2 is 1.77 bits per heavy atom. The van der Waals surface area contributed by atoms with Gasteiger partial charge in [-0.1, -0.05) is 11.6 Å². The number of hydrogen-bond acceptors (Lipinski definition) is 6. The Hall–Kier alpha value is -3.52. The highest BCUT2D eigenvalue weighted by molar-refractivity contribution is 7.16. The molecule has 1 aromatic heterocycles. The minimum Gasteiger partial charge on any atom is -0.497 e. The van der Waals surface area contributed by atoms with Crippen LogP contribution in [0.25, 0.3) is 11.3 Å². The fourth-order valence-electron chi connectivity index (χ4n) is 3.47. The first-order chi connectivity index (χ1) is 14.9. The number of carbonyl (C=O) groups is 3. The second-order valence-electron chi connectivity index (χ2n) is 7.26. The van der Waals surface area contributed by atoms with E-state index in [2.05, 4.69) is 10.3 Å². The van der Waals surface area contributed by atoms with Gasteiger partial charge in [-0.2, -0.15) is 0 Å². The normalized spacial score (nSPS) is 12.8. The van der Waals surface area contributed by atoms with Crippen LogP contribution in [0, 0.1) is 13.8 Å². The molecule has 4 rings (SSSR count). The van der Waals surface area contributed by atoms with Crippen molar-refractivity contribution in [2.45, 2.75) is 20.3 Å². The first kappa shape index (κ1) is 20.7. The van der Waals surface area contributed by atoms with Crippen LogP contribution in [-0.4, -0.2) is 41.3 Å². The second-order valence-corrected chi connectivity index (χ2v) is 8.46. The number of nitrogens with zero attached hydrogens (tertiary/aromatic N) is 2. The number of aryl methyl sites for hydroxylation is 2. The Kier molecular flexibility index (Phi) is 5.56. The third-order valence-electron chi connectivity index (χ3n) is 5.10. The largest absolute Gasteiger partial charge is 0.497 e. The predicted octanol–water partition coefficient (Wildman–Crippen LogP) is 4.06. The van der Waals surface area contributed by atoms with Gasteiger partial charge in [0.2, 0.25) is 5.91 Å². The summed E-state index contributed by atoms with van der Waals surface area (Å²) in [5, 5.41) is 3.25.